The lowest BCUT2D eigenvalue weighted by Gasteiger charge is -2.34. The number of aromatic nitrogens is 3. The number of hydrogen-bond donors (Lipinski definition) is 1. The van der Waals surface area contributed by atoms with E-state index in [9.17, 15) is 18.0 Å². The highest BCUT2D eigenvalue weighted by molar-refractivity contribution is 7.09. The summed E-state index contributed by atoms with van der Waals surface area (Å²) in [4.78, 5) is 24.9. The van der Waals surface area contributed by atoms with Crippen molar-refractivity contribution < 1.29 is 18.0 Å². The summed E-state index contributed by atoms with van der Waals surface area (Å²) in [6, 6.07) is 9.16. The Labute approximate surface area is 180 Å². The van der Waals surface area contributed by atoms with Crippen LogP contribution in [0.4, 0.5) is 24.1 Å². The highest BCUT2D eigenvalue weighted by atomic mass is 32.1. The molecule has 11 heteroatoms. The van der Waals surface area contributed by atoms with Crippen molar-refractivity contribution in [2.75, 3.05) is 31.5 Å². The molecule has 1 aliphatic rings. The molecule has 3 aromatic rings. The van der Waals surface area contributed by atoms with Crippen molar-refractivity contribution in [2.45, 2.75) is 13.0 Å². The van der Waals surface area contributed by atoms with Crippen molar-refractivity contribution in [3.05, 3.63) is 65.4 Å². The van der Waals surface area contributed by atoms with Gasteiger partial charge in [-0.2, -0.15) is 4.37 Å². The number of halogens is 3. The van der Waals surface area contributed by atoms with Gasteiger partial charge in [-0.1, -0.05) is 18.2 Å². The van der Waals surface area contributed by atoms with E-state index in [-0.39, 0.29) is 5.56 Å². The van der Waals surface area contributed by atoms with E-state index in [2.05, 4.69) is 24.6 Å². The van der Waals surface area contributed by atoms with Crippen LogP contribution in [-0.2, 0) is 6.54 Å². The Morgan fingerprint density at radius 1 is 1.13 bits per heavy atom. The molecule has 0 bridgehead atoms. The van der Waals surface area contributed by atoms with Gasteiger partial charge in [-0.3, -0.25) is 9.69 Å². The Bertz CT molecular complexity index is 1040. The van der Waals surface area contributed by atoms with E-state index in [0.29, 0.717) is 43.7 Å². The molecule has 3 heterocycles. The molecule has 162 valence electrons. The molecule has 1 aromatic carbocycles. The lowest BCUT2D eigenvalue weighted by molar-refractivity contribution is 0.0621. The number of carbonyl (C=O) groups excluding carboxylic acids is 1. The molecular weight excluding hydrogens is 429 g/mol. The summed E-state index contributed by atoms with van der Waals surface area (Å²) in [5.74, 6) is -1.05. The average Bonchev–Trinajstić information content (AvgIpc) is 3.27. The number of anilines is 2. The molecule has 1 saturated heterocycles. The Kier molecular flexibility index (Phi) is 6.42. The predicted octanol–water partition coefficient (Wildman–Crippen LogP) is 3.71. The summed E-state index contributed by atoms with van der Waals surface area (Å²) in [6.07, 6.45) is -1.50. The molecule has 0 atom stereocenters. The van der Waals surface area contributed by atoms with Crippen LogP contribution < -0.4 is 5.32 Å². The molecule has 0 aliphatic carbocycles. The van der Waals surface area contributed by atoms with Gasteiger partial charge < -0.3 is 10.2 Å². The second-order valence-corrected chi connectivity index (χ2v) is 7.74. The van der Waals surface area contributed by atoms with Crippen molar-refractivity contribution in [2.24, 2.45) is 0 Å². The zero-order valence-electron chi connectivity index (χ0n) is 16.3. The number of amides is 1. The van der Waals surface area contributed by atoms with Crippen LogP contribution in [0.2, 0.25) is 0 Å². The number of carbonyl (C=O) groups is 1. The highest BCUT2D eigenvalue weighted by Gasteiger charge is 2.26. The Morgan fingerprint density at radius 2 is 1.90 bits per heavy atom. The van der Waals surface area contributed by atoms with Gasteiger partial charge >= 0.3 is 0 Å². The van der Waals surface area contributed by atoms with Gasteiger partial charge in [-0.05, 0) is 18.2 Å². The fourth-order valence-corrected chi connectivity index (χ4v) is 3.81. The van der Waals surface area contributed by atoms with Gasteiger partial charge in [-0.15, -0.1) is 0 Å². The standard InChI is InChI=1S/C20H19F3N6OS/c21-17-14(18(22)23)4-2-5-15(17)19(30)29-9-7-28(8-10-29)11-13-3-1-6-16(26-13)27-20-24-12-25-31-20/h1-6,12,18H,7-11H2,(H,24,25,26,27). The van der Waals surface area contributed by atoms with Gasteiger partial charge in [0.1, 0.15) is 18.0 Å². The summed E-state index contributed by atoms with van der Waals surface area (Å²) in [6.45, 7) is 2.47. The molecule has 4 rings (SSSR count). The second-order valence-electron chi connectivity index (χ2n) is 6.96. The molecule has 0 unspecified atom stereocenters. The van der Waals surface area contributed by atoms with Crippen LogP contribution in [0.3, 0.4) is 0 Å². The third kappa shape index (κ3) is 5.00. The van der Waals surface area contributed by atoms with E-state index >= 15 is 0 Å². The predicted molar refractivity (Wildman–Crippen MR) is 110 cm³/mol. The first-order valence-corrected chi connectivity index (χ1v) is 10.4. The smallest absolute Gasteiger partial charge is 0.266 e. The monoisotopic (exact) mass is 448 g/mol. The van der Waals surface area contributed by atoms with Gasteiger partial charge in [0, 0.05) is 44.3 Å². The fourth-order valence-electron chi connectivity index (χ4n) is 3.37. The van der Waals surface area contributed by atoms with Crippen LogP contribution in [-0.4, -0.2) is 56.2 Å². The van der Waals surface area contributed by atoms with E-state index in [1.165, 1.54) is 34.9 Å². The summed E-state index contributed by atoms with van der Waals surface area (Å²) >= 11 is 1.24. The maximum absolute atomic E-state index is 14.3. The minimum atomic E-state index is -2.96. The van der Waals surface area contributed by atoms with Gasteiger partial charge in [0.05, 0.1) is 16.8 Å². The molecule has 1 aliphatic heterocycles. The molecule has 31 heavy (non-hydrogen) atoms. The first kappa shape index (κ1) is 21.2. The molecule has 7 nitrogen and oxygen atoms in total. The SMILES string of the molecule is O=C(c1cccc(C(F)F)c1F)N1CCN(Cc2cccc(Nc3ncns3)n2)CC1. The molecule has 1 N–H and O–H groups in total. The largest absolute Gasteiger partial charge is 0.336 e. The van der Waals surface area contributed by atoms with Crippen molar-refractivity contribution in [1.82, 2.24) is 24.1 Å². The van der Waals surface area contributed by atoms with Gasteiger partial charge in [0.15, 0.2) is 0 Å². The topological polar surface area (TPSA) is 74.2 Å². The number of benzene rings is 1. The Hall–Kier alpha value is -3.05. The molecule has 0 radical (unpaired) electrons. The summed E-state index contributed by atoms with van der Waals surface area (Å²) < 4.78 is 44.1. The average molecular weight is 448 g/mol. The van der Waals surface area contributed by atoms with E-state index in [1.807, 2.05) is 18.2 Å². The molecule has 0 spiro atoms. The van der Waals surface area contributed by atoms with Crippen LogP contribution in [0.25, 0.3) is 0 Å². The van der Waals surface area contributed by atoms with Crippen molar-refractivity contribution in [1.29, 1.82) is 0 Å². The maximum Gasteiger partial charge on any atom is 0.266 e. The lowest BCUT2D eigenvalue weighted by atomic mass is 10.1. The van der Waals surface area contributed by atoms with Crippen LogP contribution >= 0.6 is 11.5 Å². The normalized spacial score (nSPS) is 14.8. The van der Waals surface area contributed by atoms with Gasteiger partial charge in [-0.25, -0.2) is 23.1 Å². The Morgan fingerprint density at radius 3 is 2.61 bits per heavy atom. The van der Waals surface area contributed by atoms with Crippen LogP contribution in [0, 0.1) is 5.82 Å². The first-order chi connectivity index (χ1) is 15.0. The Balaban J connectivity index is 1.35. The lowest BCUT2D eigenvalue weighted by Crippen LogP contribution is -2.48. The number of hydrogen-bond acceptors (Lipinski definition) is 7. The summed E-state index contributed by atoms with van der Waals surface area (Å²) in [5.41, 5.74) is -0.217. The van der Waals surface area contributed by atoms with Crippen molar-refractivity contribution in [3.8, 4) is 0 Å². The molecule has 1 fully saturated rings. The summed E-state index contributed by atoms with van der Waals surface area (Å²) in [5, 5.41) is 3.75. The number of piperazine rings is 1. The minimum Gasteiger partial charge on any atom is -0.336 e. The molecular formula is C20H19F3N6OS. The van der Waals surface area contributed by atoms with Crippen LogP contribution in [0.5, 0.6) is 0 Å². The van der Waals surface area contributed by atoms with Gasteiger partial charge in [0.25, 0.3) is 12.3 Å². The van der Waals surface area contributed by atoms with E-state index < -0.39 is 23.7 Å². The van der Waals surface area contributed by atoms with Crippen LogP contribution in [0.15, 0.2) is 42.7 Å². The zero-order chi connectivity index (χ0) is 21.8. The van der Waals surface area contributed by atoms with E-state index in [1.54, 1.807) is 0 Å². The van der Waals surface area contributed by atoms with Crippen molar-refractivity contribution in [3.63, 3.8) is 0 Å². The fraction of sp³-hybridized carbons (Fsp3) is 0.300. The first-order valence-electron chi connectivity index (χ1n) is 9.59. The van der Waals surface area contributed by atoms with Crippen molar-refractivity contribution >= 4 is 28.4 Å². The third-order valence-corrected chi connectivity index (χ3v) is 5.52. The van der Waals surface area contributed by atoms with E-state index in [0.717, 1.165) is 11.8 Å². The number of pyridine rings is 1. The number of nitrogens with one attached hydrogen (secondary N) is 1. The molecule has 2 aromatic heterocycles. The number of alkyl halides is 2. The van der Waals surface area contributed by atoms with Gasteiger partial charge in [0.2, 0.25) is 5.13 Å². The summed E-state index contributed by atoms with van der Waals surface area (Å²) in [7, 11) is 0. The third-order valence-electron chi connectivity index (χ3n) is 4.94. The quantitative estimate of drug-likeness (QED) is 0.620. The second kappa shape index (κ2) is 9.40. The minimum absolute atomic E-state index is 0.316. The molecule has 0 saturated carbocycles. The zero-order valence-corrected chi connectivity index (χ0v) is 17.2. The van der Waals surface area contributed by atoms with E-state index in [4.69, 9.17) is 0 Å². The van der Waals surface area contributed by atoms with Crippen LogP contribution in [0.1, 0.15) is 28.0 Å². The maximum atomic E-state index is 14.3. The number of rotatable bonds is 6. The number of nitrogens with zero attached hydrogens (tertiary/aromatic N) is 5. The molecule has 1 amide bonds. The highest BCUT2D eigenvalue weighted by Crippen LogP contribution is 2.25.